The number of pyridine rings is 1. The van der Waals surface area contributed by atoms with Crippen LogP contribution in [-0.2, 0) is 4.84 Å². The molecule has 0 amide bonds. The molecular formula is C13H16N2O. The van der Waals surface area contributed by atoms with Crippen molar-refractivity contribution in [2.45, 2.75) is 38.8 Å². The molecule has 2 bridgehead atoms. The van der Waals surface area contributed by atoms with Gasteiger partial charge in [-0.1, -0.05) is 12.1 Å². The molecule has 1 aromatic rings. The Morgan fingerprint density at radius 3 is 2.88 bits per heavy atom. The van der Waals surface area contributed by atoms with Crippen molar-refractivity contribution in [1.82, 2.24) is 4.98 Å². The second-order valence-electron chi connectivity index (χ2n) is 4.61. The van der Waals surface area contributed by atoms with Crippen molar-refractivity contribution in [2.75, 3.05) is 5.06 Å². The highest BCUT2D eigenvalue weighted by molar-refractivity contribution is 5.42. The van der Waals surface area contributed by atoms with Crippen molar-refractivity contribution in [1.29, 1.82) is 0 Å². The van der Waals surface area contributed by atoms with Gasteiger partial charge in [-0.25, -0.2) is 10.0 Å². The average Bonchev–Trinajstić information content (AvgIpc) is 2.29. The number of hydrogen-bond acceptors (Lipinski definition) is 3. The minimum Gasteiger partial charge on any atom is -0.264 e. The Hall–Kier alpha value is -1.35. The van der Waals surface area contributed by atoms with Gasteiger partial charge in [0.15, 0.2) is 5.82 Å². The predicted octanol–water partition coefficient (Wildman–Crippen LogP) is 2.62. The topological polar surface area (TPSA) is 25.4 Å². The fourth-order valence-corrected chi connectivity index (χ4v) is 2.51. The van der Waals surface area contributed by atoms with Crippen LogP contribution in [0.2, 0.25) is 0 Å². The molecule has 0 radical (unpaired) electrons. The Balaban J connectivity index is 1.95. The molecule has 3 heterocycles. The molecule has 0 saturated carbocycles. The predicted molar refractivity (Wildman–Crippen MR) is 63.1 cm³/mol. The molecule has 1 saturated heterocycles. The average molecular weight is 216 g/mol. The monoisotopic (exact) mass is 216 g/mol. The van der Waals surface area contributed by atoms with Gasteiger partial charge < -0.3 is 0 Å². The van der Waals surface area contributed by atoms with Crippen molar-refractivity contribution < 1.29 is 4.84 Å². The van der Waals surface area contributed by atoms with E-state index in [-0.39, 0.29) is 6.10 Å². The highest BCUT2D eigenvalue weighted by Crippen LogP contribution is 2.34. The van der Waals surface area contributed by atoms with Gasteiger partial charge in [0.2, 0.25) is 0 Å². The van der Waals surface area contributed by atoms with Crippen molar-refractivity contribution in [3.8, 4) is 0 Å². The maximum atomic E-state index is 5.89. The van der Waals surface area contributed by atoms with Gasteiger partial charge in [-0.3, -0.25) is 4.84 Å². The van der Waals surface area contributed by atoms with Crippen molar-refractivity contribution in [3.05, 3.63) is 35.5 Å². The van der Waals surface area contributed by atoms with Crippen LogP contribution in [0.4, 0.5) is 5.82 Å². The summed E-state index contributed by atoms with van der Waals surface area (Å²) in [5.74, 6) is 0.933. The molecule has 2 aliphatic heterocycles. The molecule has 2 atom stereocenters. The SMILES string of the molecule is CC1=CC2CCC1N(c1cccc(C)n1)O2. The van der Waals surface area contributed by atoms with E-state index in [4.69, 9.17) is 4.84 Å². The van der Waals surface area contributed by atoms with Crippen molar-refractivity contribution in [2.24, 2.45) is 0 Å². The van der Waals surface area contributed by atoms with E-state index < -0.39 is 0 Å². The molecule has 0 spiro atoms. The Kier molecular flexibility index (Phi) is 2.21. The van der Waals surface area contributed by atoms with Crippen molar-refractivity contribution in [3.63, 3.8) is 0 Å². The minimum absolute atomic E-state index is 0.243. The van der Waals surface area contributed by atoms with Gasteiger partial charge >= 0.3 is 0 Å². The van der Waals surface area contributed by atoms with Crippen LogP contribution in [0.5, 0.6) is 0 Å². The third-order valence-corrected chi connectivity index (χ3v) is 3.33. The second-order valence-corrected chi connectivity index (χ2v) is 4.61. The first-order valence-electron chi connectivity index (χ1n) is 5.82. The van der Waals surface area contributed by atoms with Crippen LogP contribution in [0.3, 0.4) is 0 Å². The van der Waals surface area contributed by atoms with Gasteiger partial charge in [-0.2, -0.15) is 0 Å². The van der Waals surface area contributed by atoms with E-state index in [1.165, 1.54) is 12.0 Å². The van der Waals surface area contributed by atoms with Gasteiger partial charge in [0.1, 0.15) is 6.10 Å². The lowest BCUT2D eigenvalue weighted by atomic mass is 9.91. The molecule has 1 aromatic heterocycles. The standard InChI is InChI=1S/C13H16N2O/c1-9-8-11-6-7-12(9)15(16-11)13-5-3-4-10(2)14-13/h3-5,8,11-12H,6-7H2,1-2H3. The lowest BCUT2D eigenvalue weighted by Gasteiger charge is -2.43. The van der Waals surface area contributed by atoms with Gasteiger partial charge in [-0.05, 0) is 44.4 Å². The first-order chi connectivity index (χ1) is 7.74. The van der Waals surface area contributed by atoms with Crippen LogP contribution < -0.4 is 5.06 Å². The summed E-state index contributed by atoms with van der Waals surface area (Å²) >= 11 is 0. The highest BCUT2D eigenvalue weighted by Gasteiger charge is 2.35. The summed E-state index contributed by atoms with van der Waals surface area (Å²) in [7, 11) is 0. The Morgan fingerprint density at radius 1 is 1.31 bits per heavy atom. The molecule has 2 unspecified atom stereocenters. The fraction of sp³-hybridized carbons (Fsp3) is 0.462. The van der Waals surface area contributed by atoms with Gasteiger partial charge in [-0.15, -0.1) is 0 Å². The number of fused-ring (bicyclic) bond motifs is 2. The first-order valence-corrected chi connectivity index (χ1v) is 5.82. The minimum atomic E-state index is 0.243. The van der Waals surface area contributed by atoms with Crippen LogP contribution in [0.25, 0.3) is 0 Å². The first kappa shape index (κ1) is 9.85. The molecule has 3 aliphatic rings. The van der Waals surface area contributed by atoms with Gasteiger partial charge in [0.05, 0.1) is 6.04 Å². The lowest BCUT2D eigenvalue weighted by molar-refractivity contribution is -0.00208. The van der Waals surface area contributed by atoms with Crippen molar-refractivity contribution >= 4 is 5.82 Å². The number of aryl methyl sites for hydroxylation is 1. The Morgan fingerprint density at radius 2 is 2.19 bits per heavy atom. The quantitative estimate of drug-likeness (QED) is 0.675. The zero-order valence-electron chi connectivity index (χ0n) is 9.68. The smallest absolute Gasteiger partial charge is 0.153 e. The number of aromatic nitrogens is 1. The number of nitrogens with zero attached hydrogens (tertiary/aromatic N) is 2. The second kappa shape index (κ2) is 3.59. The summed E-state index contributed by atoms with van der Waals surface area (Å²) in [4.78, 5) is 10.4. The van der Waals surface area contributed by atoms with Crippen LogP contribution >= 0.6 is 0 Å². The van der Waals surface area contributed by atoms with E-state index in [1.807, 2.05) is 30.2 Å². The molecule has 1 aliphatic carbocycles. The summed E-state index contributed by atoms with van der Waals surface area (Å²) in [6.07, 6.45) is 4.78. The van der Waals surface area contributed by atoms with Crippen LogP contribution in [0, 0.1) is 6.92 Å². The van der Waals surface area contributed by atoms with E-state index >= 15 is 0 Å². The maximum Gasteiger partial charge on any atom is 0.153 e. The molecule has 4 rings (SSSR count). The fourth-order valence-electron chi connectivity index (χ4n) is 2.51. The molecule has 0 aromatic carbocycles. The molecule has 16 heavy (non-hydrogen) atoms. The zero-order chi connectivity index (χ0) is 11.1. The van der Waals surface area contributed by atoms with E-state index in [2.05, 4.69) is 18.0 Å². The summed E-state index contributed by atoms with van der Waals surface area (Å²) in [6, 6.07) is 6.43. The van der Waals surface area contributed by atoms with Crippen LogP contribution in [0.1, 0.15) is 25.5 Å². The van der Waals surface area contributed by atoms with Crippen LogP contribution in [-0.4, -0.2) is 17.1 Å². The van der Waals surface area contributed by atoms with Gasteiger partial charge in [0.25, 0.3) is 0 Å². The summed E-state index contributed by atoms with van der Waals surface area (Å²) in [5.41, 5.74) is 2.44. The van der Waals surface area contributed by atoms with E-state index in [0.29, 0.717) is 6.04 Å². The highest BCUT2D eigenvalue weighted by atomic mass is 16.7. The number of hydrogen-bond donors (Lipinski definition) is 0. The normalized spacial score (nSPS) is 28.1. The summed E-state index contributed by atoms with van der Waals surface area (Å²) in [6.45, 7) is 4.19. The molecule has 3 nitrogen and oxygen atoms in total. The summed E-state index contributed by atoms with van der Waals surface area (Å²) < 4.78 is 0. The molecule has 1 fully saturated rings. The van der Waals surface area contributed by atoms with Crippen LogP contribution in [0.15, 0.2) is 29.8 Å². The maximum absolute atomic E-state index is 5.89. The molecule has 0 N–H and O–H groups in total. The summed E-state index contributed by atoms with van der Waals surface area (Å²) in [5, 5.41) is 1.98. The van der Waals surface area contributed by atoms with Gasteiger partial charge in [0, 0.05) is 5.69 Å². The lowest BCUT2D eigenvalue weighted by Crippen LogP contribution is -2.48. The molecule has 3 heteroatoms. The zero-order valence-corrected chi connectivity index (χ0v) is 9.68. The Bertz CT molecular complexity index is 441. The van der Waals surface area contributed by atoms with E-state index in [1.54, 1.807) is 0 Å². The third kappa shape index (κ3) is 1.52. The number of hydroxylamine groups is 1. The molecular weight excluding hydrogens is 200 g/mol. The molecule has 84 valence electrons. The number of anilines is 1. The number of rotatable bonds is 1. The van der Waals surface area contributed by atoms with E-state index in [9.17, 15) is 0 Å². The van der Waals surface area contributed by atoms with E-state index in [0.717, 1.165) is 17.9 Å². The largest absolute Gasteiger partial charge is 0.264 e. The third-order valence-electron chi connectivity index (χ3n) is 3.33. The Labute approximate surface area is 95.7 Å².